The number of nitrogens with one attached hydrogen (secondary N) is 1. The van der Waals surface area contributed by atoms with Crippen LogP contribution in [0.4, 0.5) is 0 Å². The Morgan fingerprint density at radius 3 is 2.50 bits per heavy atom. The van der Waals surface area contributed by atoms with Crippen LogP contribution in [0.5, 0.6) is 0 Å². The topological polar surface area (TPSA) is 97.3 Å². The predicted octanol–water partition coefficient (Wildman–Crippen LogP) is 2.43. The highest BCUT2D eigenvalue weighted by atomic mass is 16.3. The monoisotopic (exact) mass is 359 g/mol. The lowest BCUT2D eigenvalue weighted by molar-refractivity contribution is -0.122. The van der Waals surface area contributed by atoms with Gasteiger partial charge in [0.05, 0.1) is 11.7 Å². The van der Waals surface area contributed by atoms with Crippen molar-refractivity contribution in [2.24, 2.45) is 11.1 Å². The number of benzene rings is 1. The average Bonchev–Trinajstić information content (AvgIpc) is 2.90. The van der Waals surface area contributed by atoms with Crippen molar-refractivity contribution in [1.29, 1.82) is 0 Å². The van der Waals surface area contributed by atoms with Crippen LogP contribution in [0.25, 0.3) is 10.9 Å². The minimum Gasteiger partial charge on any atom is -0.393 e. The van der Waals surface area contributed by atoms with E-state index in [1.54, 1.807) is 6.92 Å². The Morgan fingerprint density at radius 2 is 1.92 bits per heavy atom. The molecule has 0 saturated heterocycles. The van der Waals surface area contributed by atoms with Crippen LogP contribution in [0, 0.1) is 5.41 Å². The molecule has 0 spiro atoms. The normalized spacial score (nSPS) is 14.2. The molecule has 2 atom stereocenters. The van der Waals surface area contributed by atoms with Crippen LogP contribution in [0.1, 0.15) is 50.9 Å². The molecule has 2 amide bonds. The van der Waals surface area contributed by atoms with E-state index >= 15 is 0 Å². The molecule has 1 aromatic heterocycles. The summed E-state index contributed by atoms with van der Waals surface area (Å²) < 4.78 is 2.02. The number of nitrogens with zero attached hydrogens (tertiary/aromatic N) is 1. The summed E-state index contributed by atoms with van der Waals surface area (Å²) in [5.41, 5.74) is 6.48. The minimum atomic E-state index is -0.757. The molecule has 6 nitrogen and oxygen atoms in total. The number of fused-ring (bicyclic) bond motifs is 1. The second-order valence-electron chi connectivity index (χ2n) is 7.92. The van der Waals surface area contributed by atoms with Crippen molar-refractivity contribution in [3.05, 3.63) is 36.0 Å². The summed E-state index contributed by atoms with van der Waals surface area (Å²) in [6.07, 6.45) is 2.97. The van der Waals surface area contributed by atoms with E-state index in [0.29, 0.717) is 18.5 Å². The number of para-hydroxylation sites is 1. The zero-order chi connectivity index (χ0) is 19.5. The molecular formula is C20H29N3O3. The van der Waals surface area contributed by atoms with E-state index in [1.165, 1.54) is 0 Å². The summed E-state index contributed by atoms with van der Waals surface area (Å²) in [5.74, 6) is -0.860. The van der Waals surface area contributed by atoms with Crippen molar-refractivity contribution in [3.8, 4) is 0 Å². The molecule has 142 valence electrons. The summed E-state index contributed by atoms with van der Waals surface area (Å²) >= 11 is 0. The van der Waals surface area contributed by atoms with Gasteiger partial charge in [-0.3, -0.25) is 9.59 Å². The molecule has 0 aliphatic heterocycles. The number of carbonyl (C=O) groups excluding carboxylic acids is 2. The average molecular weight is 359 g/mol. The van der Waals surface area contributed by atoms with Gasteiger partial charge >= 0.3 is 0 Å². The molecule has 0 bridgehead atoms. The highest BCUT2D eigenvalue weighted by Gasteiger charge is 2.32. The van der Waals surface area contributed by atoms with Crippen molar-refractivity contribution in [1.82, 2.24) is 9.88 Å². The first-order valence-electron chi connectivity index (χ1n) is 8.97. The summed E-state index contributed by atoms with van der Waals surface area (Å²) in [7, 11) is 0. The molecule has 0 aliphatic rings. The maximum absolute atomic E-state index is 12.8. The van der Waals surface area contributed by atoms with Crippen LogP contribution in [0.15, 0.2) is 30.5 Å². The third-order valence-corrected chi connectivity index (χ3v) is 4.48. The number of primary amides is 1. The number of aliphatic hydroxyl groups is 1. The lowest BCUT2D eigenvalue weighted by Gasteiger charge is -2.28. The molecule has 2 unspecified atom stereocenters. The Hall–Kier alpha value is -2.34. The molecule has 0 aliphatic carbocycles. The lowest BCUT2D eigenvalue weighted by atomic mass is 9.86. The van der Waals surface area contributed by atoms with Crippen molar-refractivity contribution in [2.75, 3.05) is 0 Å². The summed E-state index contributed by atoms with van der Waals surface area (Å²) in [6.45, 7) is 8.06. The Morgan fingerprint density at radius 1 is 1.27 bits per heavy atom. The molecule has 2 rings (SSSR count). The smallest absolute Gasteiger partial charge is 0.254 e. The van der Waals surface area contributed by atoms with Crippen LogP contribution in [-0.2, 0) is 11.3 Å². The number of nitrogens with two attached hydrogens (primary N) is 1. The molecule has 1 aromatic carbocycles. The Kier molecular flexibility index (Phi) is 6.08. The van der Waals surface area contributed by atoms with Crippen LogP contribution < -0.4 is 11.1 Å². The summed E-state index contributed by atoms with van der Waals surface area (Å²) in [5, 5.41) is 13.1. The van der Waals surface area contributed by atoms with Gasteiger partial charge < -0.3 is 20.7 Å². The Bertz CT molecular complexity index is 787. The minimum absolute atomic E-state index is 0.311. The number of carbonyl (C=O) groups is 2. The van der Waals surface area contributed by atoms with E-state index in [2.05, 4.69) is 5.32 Å². The largest absolute Gasteiger partial charge is 0.393 e. The highest BCUT2D eigenvalue weighted by Crippen LogP contribution is 2.24. The zero-order valence-corrected chi connectivity index (χ0v) is 16.0. The number of aromatic nitrogens is 1. The SMILES string of the molecule is CC(O)CCCn1cc(C(=O)NC(C(N)=O)C(C)(C)C)c2ccccc21. The fourth-order valence-electron chi connectivity index (χ4n) is 3.09. The molecule has 1 heterocycles. The van der Waals surface area contributed by atoms with Gasteiger partial charge in [-0.25, -0.2) is 0 Å². The van der Waals surface area contributed by atoms with E-state index in [-0.39, 0.29) is 12.0 Å². The maximum atomic E-state index is 12.8. The molecule has 0 fully saturated rings. The molecule has 2 aromatic rings. The third kappa shape index (κ3) is 4.64. The van der Waals surface area contributed by atoms with Gasteiger partial charge in [-0.2, -0.15) is 0 Å². The van der Waals surface area contributed by atoms with Crippen LogP contribution in [0.2, 0.25) is 0 Å². The quantitative estimate of drug-likeness (QED) is 0.708. The molecular weight excluding hydrogens is 330 g/mol. The molecule has 0 radical (unpaired) electrons. The van der Waals surface area contributed by atoms with Crippen molar-refractivity contribution < 1.29 is 14.7 Å². The number of amides is 2. The van der Waals surface area contributed by atoms with Crippen molar-refractivity contribution in [3.63, 3.8) is 0 Å². The fourth-order valence-corrected chi connectivity index (χ4v) is 3.09. The number of aryl methyl sites for hydroxylation is 1. The third-order valence-electron chi connectivity index (χ3n) is 4.48. The number of hydrogen-bond donors (Lipinski definition) is 3. The van der Waals surface area contributed by atoms with Crippen LogP contribution in [-0.4, -0.2) is 33.6 Å². The van der Waals surface area contributed by atoms with E-state index in [1.807, 2.05) is 55.8 Å². The second kappa shape index (κ2) is 7.91. The van der Waals surface area contributed by atoms with Crippen LogP contribution in [0.3, 0.4) is 0 Å². The predicted molar refractivity (Wildman–Crippen MR) is 103 cm³/mol. The molecule has 4 N–H and O–H groups in total. The maximum Gasteiger partial charge on any atom is 0.254 e. The van der Waals surface area contributed by atoms with Gasteiger partial charge in [-0.1, -0.05) is 39.0 Å². The summed E-state index contributed by atoms with van der Waals surface area (Å²) in [4.78, 5) is 24.6. The summed E-state index contributed by atoms with van der Waals surface area (Å²) in [6, 6.07) is 6.91. The fraction of sp³-hybridized carbons (Fsp3) is 0.500. The zero-order valence-electron chi connectivity index (χ0n) is 16.0. The Balaban J connectivity index is 2.31. The van der Waals surface area contributed by atoms with Gasteiger partial charge in [-0.15, -0.1) is 0 Å². The standard InChI is InChI=1S/C20H29N3O3/c1-13(24)8-7-11-23-12-15(14-9-5-6-10-16(14)23)19(26)22-17(18(21)25)20(2,3)4/h5-6,9-10,12-13,17,24H,7-8,11H2,1-4H3,(H2,21,25)(H,22,26). The number of rotatable bonds is 7. The number of aliphatic hydroxyl groups excluding tert-OH is 1. The molecule has 6 heteroatoms. The first kappa shape index (κ1) is 20.0. The van der Waals surface area contributed by atoms with E-state index in [9.17, 15) is 14.7 Å². The van der Waals surface area contributed by atoms with Gasteiger partial charge in [0.1, 0.15) is 6.04 Å². The van der Waals surface area contributed by atoms with Crippen molar-refractivity contribution in [2.45, 2.75) is 59.2 Å². The van der Waals surface area contributed by atoms with Gasteiger partial charge in [0, 0.05) is 23.6 Å². The van der Waals surface area contributed by atoms with Gasteiger partial charge in [0.25, 0.3) is 5.91 Å². The van der Waals surface area contributed by atoms with E-state index < -0.39 is 17.4 Å². The van der Waals surface area contributed by atoms with E-state index in [0.717, 1.165) is 17.3 Å². The van der Waals surface area contributed by atoms with Gasteiger partial charge in [0.2, 0.25) is 5.91 Å². The van der Waals surface area contributed by atoms with E-state index in [4.69, 9.17) is 5.73 Å². The van der Waals surface area contributed by atoms with Crippen molar-refractivity contribution >= 4 is 22.7 Å². The molecule has 0 saturated carbocycles. The first-order chi connectivity index (χ1) is 12.1. The second-order valence-corrected chi connectivity index (χ2v) is 7.92. The number of hydrogen-bond acceptors (Lipinski definition) is 3. The highest BCUT2D eigenvalue weighted by molar-refractivity contribution is 6.08. The Labute approximate surface area is 154 Å². The lowest BCUT2D eigenvalue weighted by Crippen LogP contribution is -2.52. The van der Waals surface area contributed by atoms with Gasteiger partial charge in [-0.05, 0) is 31.2 Å². The first-order valence-corrected chi connectivity index (χ1v) is 8.97. The van der Waals surface area contributed by atoms with Crippen LogP contribution >= 0.6 is 0 Å². The molecule has 26 heavy (non-hydrogen) atoms. The van der Waals surface area contributed by atoms with Gasteiger partial charge in [0.15, 0.2) is 0 Å².